The van der Waals surface area contributed by atoms with Crippen LogP contribution in [0.2, 0.25) is 0 Å². The highest BCUT2D eigenvalue weighted by atomic mass is 16.6. The fraction of sp³-hybridized carbons (Fsp3) is 0.316. The van der Waals surface area contributed by atoms with E-state index in [1.165, 1.54) is 25.2 Å². The Kier molecular flexibility index (Phi) is 5.16. The van der Waals surface area contributed by atoms with Crippen molar-refractivity contribution in [3.05, 3.63) is 63.2 Å². The van der Waals surface area contributed by atoms with Crippen molar-refractivity contribution in [2.45, 2.75) is 12.5 Å². The lowest BCUT2D eigenvalue weighted by atomic mass is 9.87. The maximum absolute atomic E-state index is 12.4. The van der Waals surface area contributed by atoms with Gasteiger partial charge in [0.1, 0.15) is 0 Å². The largest absolute Gasteiger partial charge is 0.493 e. The molecular formula is C19H20N2O6. The van der Waals surface area contributed by atoms with Crippen LogP contribution in [0, 0.1) is 10.1 Å². The van der Waals surface area contributed by atoms with E-state index in [1.54, 1.807) is 31.4 Å². The summed E-state index contributed by atoms with van der Waals surface area (Å²) in [5, 5.41) is 11.6. The summed E-state index contributed by atoms with van der Waals surface area (Å²) in [5.41, 5.74) is 2.05. The van der Waals surface area contributed by atoms with Gasteiger partial charge in [-0.15, -0.1) is 0 Å². The molecule has 0 aromatic heterocycles. The molecule has 27 heavy (non-hydrogen) atoms. The molecule has 0 saturated heterocycles. The summed E-state index contributed by atoms with van der Waals surface area (Å²) in [5.74, 6) is 1.07. The van der Waals surface area contributed by atoms with Gasteiger partial charge in [-0.25, -0.2) is 4.79 Å². The molecule has 1 aliphatic rings. The third-order valence-corrected chi connectivity index (χ3v) is 4.71. The van der Waals surface area contributed by atoms with Gasteiger partial charge in [0.15, 0.2) is 11.5 Å². The summed E-state index contributed by atoms with van der Waals surface area (Å²) in [6.45, 7) is 0.367. The third kappa shape index (κ3) is 3.25. The van der Waals surface area contributed by atoms with Gasteiger partial charge in [0, 0.05) is 12.6 Å². The van der Waals surface area contributed by atoms with E-state index in [2.05, 4.69) is 0 Å². The molecule has 0 aliphatic carbocycles. The minimum Gasteiger partial charge on any atom is -0.493 e. The number of ether oxygens (including phenoxy) is 3. The first-order valence-corrected chi connectivity index (χ1v) is 8.34. The fourth-order valence-corrected chi connectivity index (χ4v) is 3.48. The van der Waals surface area contributed by atoms with Gasteiger partial charge in [0.25, 0.3) is 5.69 Å². The molecule has 0 bridgehead atoms. The van der Waals surface area contributed by atoms with Gasteiger partial charge >= 0.3 is 6.09 Å². The van der Waals surface area contributed by atoms with Gasteiger partial charge in [0.05, 0.1) is 37.9 Å². The van der Waals surface area contributed by atoms with Crippen molar-refractivity contribution in [2.75, 3.05) is 27.9 Å². The van der Waals surface area contributed by atoms with Crippen molar-refractivity contribution < 1.29 is 23.9 Å². The molecule has 2 aromatic carbocycles. The van der Waals surface area contributed by atoms with Gasteiger partial charge in [-0.3, -0.25) is 15.0 Å². The normalized spacial score (nSPS) is 15.7. The zero-order chi connectivity index (χ0) is 19.6. The number of rotatable bonds is 4. The van der Waals surface area contributed by atoms with Gasteiger partial charge < -0.3 is 14.2 Å². The molecule has 3 rings (SSSR count). The number of benzene rings is 2. The number of methoxy groups -OCH3 is 3. The molecule has 0 unspecified atom stereocenters. The van der Waals surface area contributed by atoms with E-state index in [4.69, 9.17) is 14.2 Å². The number of fused-ring (bicyclic) bond motifs is 1. The van der Waals surface area contributed by atoms with Crippen LogP contribution in [-0.4, -0.2) is 43.8 Å². The van der Waals surface area contributed by atoms with Crippen LogP contribution in [0.25, 0.3) is 0 Å². The van der Waals surface area contributed by atoms with Crippen LogP contribution in [0.3, 0.4) is 0 Å². The predicted molar refractivity (Wildman–Crippen MR) is 97.3 cm³/mol. The van der Waals surface area contributed by atoms with E-state index in [9.17, 15) is 14.9 Å². The van der Waals surface area contributed by atoms with Crippen LogP contribution in [0.15, 0.2) is 36.4 Å². The lowest BCUT2D eigenvalue weighted by Crippen LogP contribution is -2.40. The Labute approximate surface area is 156 Å². The second-order valence-corrected chi connectivity index (χ2v) is 6.04. The summed E-state index contributed by atoms with van der Waals surface area (Å²) in [7, 11) is 4.36. The molecule has 0 spiro atoms. The molecule has 1 atom stereocenters. The summed E-state index contributed by atoms with van der Waals surface area (Å²) < 4.78 is 15.7. The van der Waals surface area contributed by atoms with Crippen LogP contribution in [0.5, 0.6) is 11.5 Å². The Morgan fingerprint density at radius 2 is 1.78 bits per heavy atom. The number of nitro benzene ring substituents is 1. The second-order valence-electron chi connectivity index (χ2n) is 6.04. The summed E-state index contributed by atoms with van der Waals surface area (Å²) >= 11 is 0. The topological polar surface area (TPSA) is 91.1 Å². The van der Waals surface area contributed by atoms with E-state index in [-0.39, 0.29) is 5.69 Å². The quantitative estimate of drug-likeness (QED) is 0.604. The lowest BCUT2D eigenvalue weighted by molar-refractivity contribution is -0.385. The average molecular weight is 372 g/mol. The molecule has 1 heterocycles. The van der Waals surface area contributed by atoms with Gasteiger partial charge in [0.2, 0.25) is 0 Å². The number of carbonyl (C=O) groups excluding carboxylic acids is 1. The average Bonchev–Trinajstić information content (AvgIpc) is 2.71. The first-order valence-electron chi connectivity index (χ1n) is 8.34. The van der Waals surface area contributed by atoms with Gasteiger partial charge in [-0.05, 0) is 35.7 Å². The predicted octanol–water partition coefficient (Wildman–Crippen LogP) is 3.33. The fourth-order valence-electron chi connectivity index (χ4n) is 3.48. The van der Waals surface area contributed by atoms with Crippen molar-refractivity contribution >= 4 is 11.8 Å². The number of nitro groups is 1. The lowest BCUT2D eigenvalue weighted by Gasteiger charge is -2.36. The molecule has 0 N–H and O–H groups in total. The molecular weight excluding hydrogens is 352 g/mol. The third-order valence-electron chi connectivity index (χ3n) is 4.71. The minimum atomic E-state index is -0.664. The second kappa shape index (κ2) is 7.53. The molecule has 0 saturated carbocycles. The summed E-state index contributed by atoms with van der Waals surface area (Å²) in [4.78, 5) is 25.0. The maximum atomic E-state index is 12.4. The molecule has 2 aromatic rings. The minimum absolute atomic E-state index is 0.0564. The zero-order valence-electron chi connectivity index (χ0n) is 15.3. The van der Waals surface area contributed by atoms with Crippen LogP contribution in [-0.2, 0) is 11.2 Å². The van der Waals surface area contributed by atoms with Gasteiger partial charge in [-0.2, -0.15) is 0 Å². The van der Waals surface area contributed by atoms with E-state index >= 15 is 0 Å². The number of nitrogens with zero attached hydrogens (tertiary/aromatic N) is 2. The molecule has 1 amide bonds. The van der Waals surface area contributed by atoms with Crippen molar-refractivity contribution in [1.29, 1.82) is 0 Å². The van der Waals surface area contributed by atoms with Crippen LogP contribution < -0.4 is 9.47 Å². The smallest absolute Gasteiger partial charge is 0.410 e. The SMILES string of the molecule is COC(=O)N1CCc2cc(OC)c(OC)cc2[C@H]1c1ccccc1[N+](=O)[O-]. The molecule has 0 fully saturated rings. The number of carbonyl (C=O) groups is 1. The van der Waals surface area contributed by atoms with Crippen molar-refractivity contribution in [3.63, 3.8) is 0 Å². The monoisotopic (exact) mass is 372 g/mol. The summed E-state index contributed by atoms with van der Waals surface area (Å²) in [6, 6.07) is 9.36. The molecule has 8 nitrogen and oxygen atoms in total. The highest BCUT2D eigenvalue weighted by molar-refractivity contribution is 5.71. The van der Waals surface area contributed by atoms with Gasteiger partial charge in [-0.1, -0.05) is 12.1 Å². The van der Waals surface area contributed by atoms with E-state index in [0.29, 0.717) is 30.0 Å². The van der Waals surface area contributed by atoms with E-state index in [0.717, 1.165) is 11.1 Å². The molecule has 8 heteroatoms. The van der Waals surface area contributed by atoms with E-state index < -0.39 is 17.1 Å². The number of para-hydroxylation sites is 1. The van der Waals surface area contributed by atoms with Crippen molar-refractivity contribution in [3.8, 4) is 11.5 Å². The zero-order valence-corrected chi connectivity index (χ0v) is 15.3. The first-order chi connectivity index (χ1) is 13.0. The Morgan fingerprint density at radius 1 is 1.11 bits per heavy atom. The molecule has 0 radical (unpaired) electrons. The summed E-state index contributed by atoms with van der Waals surface area (Å²) in [6.07, 6.45) is 0.0284. The Morgan fingerprint density at radius 3 is 2.41 bits per heavy atom. The standard InChI is InChI=1S/C19H20N2O6/c1-25-16-10-12-8-9-20(19(22)27-3)18(14(12)11-17(16)26-2)13-6-4-5-7-15(13)21(23)24/h4-7,10-11,18H,8-9H2,1-3H3/t18-/m1/s1. The first kappa shape index (κ1) is 18.5. The Balaban J connectivity index is 2.25. The highest BCUT2D eigenvalue weighted by Crippen LogP contribution is 2.43. The van der Waals surface area contributed by atoms with Crippen LogP contribution in [0.4, 0.5) is 10.5 Å². The van der Waals surface area contributed by atoms with E-state index in [1.807, 2.05) is 6.07 Å². The molecule has 1 aliphatic heterocycles. The Bertz CT molecular complexity index is 882. The number of hydrogen-bond acceptors (Lipinski definition) is 6. The maximum Gasteiger partial charge on any atom is 0.410 e. The number of amides is 1. The van der Waals surface area contributed by atoms with Crippen LogP contribution >= 0.6 is 0 Å². The molecule has 142 valence electrons. The van der Waals surface area contributed by atoms with Crippen molar-refractivity contribution in [2.24, 2.45) is 0 Å². The number of hydrogen-bond donors (Lipinski definition) is 0. The highest BCUT2D eigenvalue weighted by Gasteiger charge is 2.37. The van der Waals surface area contributed by atoms with Crippen LogP contribution in [0.1, 0.15) is 22.7 Å². The van der Waals surface area contributed by atoms with Crippen molar-refractivity contribution in [1.82, 2.24) is 4.90 Å². The Hall–Kier alpha value is -3.29.